The molecule has 162 valence electrons. The van der Waals surface area contributed by atoms with Crippen molar-refractivity contribution in [3.05, 3.63) is 64.2 Å². The minimum Gasteiger partial charge on any atom is -0.494 e. The van der Waals surface area contributed by atoms with E-state index in [4.69, 9.17) is 25.8 Å². The number of aliphatic hydroxyl groups is 3. The molecule has 2 aromatic rings. The summed E-state index contributed by atoms with van der Waals surface area (Å²) in [5.74, 6) is -0.584. The molecule has 2 saturated heterocycles. The van der Waals surface area contributed by atoms with Crippen LogP contribution in [0.25, 0.3) is 0 Å². The lowest BCUT2D eigenvalue weighted by molar-refractivity contribution is -0.417. The average molecular weight is 435 g/mol. The van der Waals surface area contributed by atoms with Gasteiger partial charge in [-0.15, -0.1) is 0 Å². The van der Waals surface area contributed by atoms with Crippen LogP contribution in [0.15, 0.2) is 42.5 Å². The van der Waals surface area contributed by atoms with E-state index in [9.17, 15) is 15.3 Å². The molecule has 3 N–H and O–H groups in total. The van der Waals surface area contributed by atoms with Crippen LogP contribution >= 0.6 is 11.6 Å². The van der Waals surface area contributed by atoms with Crippen LogP contribution in [0, 0.1) is 0 Å². The van der Waals surface area contributed by atoms with Crippen molar-refractivity contribution in [1.29, 1.82) is 0 Å². The maximum absolute atomic E-state index is 10.9. The molecule has 2 aromatic carbocycles. The quantitative estimate of drug-likeness (QED) is 0.670. The molecule has 0 aromatic heterocycles. The molecule has 0 radical (unpaired) electrons. The van der Waals surface area contributed by atoms with Crippen molar-refractivity contribution in [2.24, 2.45) is 0 Å². The minimum absolute atomic E-state index is 0.286. The van der Waals surface area contributed by atoms with E-state index in [0.29, 0.717) is 30.0 Å². The van der Waals surface area contributed by atoms with Gasteiger partial charge in [0.05, 0.1) is 13.2 Å². The highest BCUT2D eigenvalue weighted by Crippen LogP contribution is 2.49. The number of rotatable bonds is 5. The minimum atomic E-state index is -1.40. The highest BCUT2D eigenvalue weighted by molar-refractivity contribution is 6.31. The Hall–Kier alpha value is -1.67. The highest BCUT2D eigenvalue weighted by atomic mass is 35.5. The predicted molar refractivity (Wildman–Crippen MR) is 112 cm³/mol. The summed E-state index contributed by atoms with van der Waals surface area (Å²) in [4.78, 5) is 0. The van der Waals surface area contributed by atoms with Crippen molar-refractivity contribution in [3.63, 3.8) is 0 Å². The molecule has 2 aliphatic heterocycles. The van der Waals surface area contributed by atoms with E-state index in [1.54, 1.807) is 19.1 Å². The Morgan fingerprint density at radius 3 is 2.53 bits per heavy atom. The van der Waals surface area contributed by atoms with Gasteiger partial charge in [0.1, 0.15) is 29.7 Å². The zero-order chi connectivity index (χ0) is 21.5. The number of halogens is 1. The fourth-order valence-electron chi connectivity index (χ4n) is 4.40. The summed E-state index contributed by atoms with van der Waals surface area (Å²) in [5.41, 5.74) is 1.44. The van der Waals surface area contributed by atoms with E-state index in [-0.39, 0.29) is 6.61 Å². The molecule has 0 aliphatic carbocycles. The van der Waals surface area contributed by atoms with Crippen molar-refractivity contribution < 1.29 is 29.5 Å². The number of ether oxygens (including phenoxy) is 3. The average Bonchev–Trinajstić information content (AvgIpc) is 2.74. The monoisotopic (exact) mass is 434 g/mol. The second-order valence-corrected chi connectivity index (χ2v) is 8.45. The van der Waals surface area contributed by atoms with Crippen molar-refractivity contribution in [3.8, 4) is 5.75 Å². The third-order valence-electron chi connectivity index (χ3n) is 6.07. The Labute approximate surface area is 181 Å². The van der Waals surface area contributed by atoms with Crippen LogP contribution in [0.1, 0.15) is 37.0 Å². The Balaban J connectivity index is 1.67. The van der Waals surface area contributed by atoms with Crippen LogP contribution in [0.2, 0.25) is 5.02 Å². The molecule has 2 bridgehead atoms. The fraction of sp³-hybridized carbons (Fsp3) is 0.478. The van der Waals surface area contributed by atoms with E-state index in [1.165, 1.54) is 0 Å². The van der Waals surface area contributed by atoms with Crippen LogP contribution in [0.5, 0.6) is 5.75 Å². The first kappa shape index (κ1) is 21.6. The summed E-state index contributed by atoms with van der Waals surface area (Å²) < 4.78 is 17.2. The maximum Gasteiger partial charge on any atom is 0.195 e. The molecule has 2 heterocycles. The summed E-state index contributed by atoms with van der Waals surface area (Å²) in [5, 5.41) is 32.3. The van der Waals surface area contributed by atoms with E-state index in [1.807, 2.05) is 37.3 Å². The number of hydrogen-bond donors (Lipinski definition) is 3. The Bertz CT molecular complexity index is 903. The van der Waals surface area contributed by atoms with Gasteiger partial charge in [-0.3, -0.25) is 0 Å². The van der Waals surface area contributed by atoms with Crippen molar-refractivity contribution in [1.82, 2.24) is 0 Å². The van der Waals surface area contributed by atoms with Gasteiger partial charge in [0, 0.05) is 11.4 Å². The van der Waals surface area contributed by atoms with E-state index in [2.05, 4.69) is 0 Å². The molecule has 0 unspecified atom stereocenters. The zero-order valence-corrected chi connectivity index (χ0v) is 17.8. The van der Waals surface area contributed by atoms with E-state index in [0.717, 1.165) is 16.9 Å². The molecular weight excluding hydrogens is 408 g/mol. The third kappa shape index (κ3) is 3.62. The number of fused-ring (bicyclic) bond motifs is 2. The van der Waals surface area contributed by atoms with E-state index >= 15 is 0 Å². The maximum atomic E-state index is 10.9. The predicted octanol–water partition coefficient (Wildman–Crippen LogP) is 2.77. The summed E-state index contributed by atoms with van der Waals surface area (Å²) >= 11 is 6.47. The van der Waals surface area contributed by atoms with Crippen LogP contribution < -0.4 is 4.74 Å². The standard InChI is InChI=1S/C23H27ClO6/c1-3-28-17-7-4-14(5-8-17)12-15-13-16(6-9-18(15)24)23-10-11-29-22(2,30-23)20(26)19(25)21(23)27/h4-9,13,19-21,25-27H,3,10-12H2,1-2H3/t19-,20-,21+,22+,23-/m0/s1. The molecule has 30 heavy (non-hydrogen) atoms. The SMILES string of the molecule is CCOc1ccc(Cc2cc([C@]34CCO[C@](C)(O3)[C@@H](O)[C@H](O)[C@H]4O)ccc2Cl)cc1. The Kier molecular flexibility index (Phi) is 5.83. The van der Waals surface area contributed by atoms with Gasteiger partial charge >= 0.3 is 0 Å². The second kappa shape index (κ2) is 8.11. The normalized spacial score (nSPS) is 33.3. The van der Waals surface area contributed by atoms with Crippen molar-refractivity contribution in [2.75, 3.05) is 13.2 Å². The van der Waals surface area contributed by atoms with Gasteiger partial charge < -0.3 is 29.5 Å². The van der Waals surface area contributed by atoms with Crippen molar-refractivity contribution >= 4 is 11.6 Å². The summed E-state index contributed by atoms with van der Waals surface area (Å²) in [6, 6.07) is 13.3. The second-order valence-electron chi connectivity index (χ2n) is 8.05. The first-order chi connectivity index (χ1) is 14.3. The van der Waals surface area contributed by atoms with Crippen LogP contribution in [-0.2, 0) is 21.5 Å². The number of benzene rings is 2. The van der Waals surface area contributed by atoms with Gasteiger partial charge in [-0.05, 0) is 55.2 Å². The summed E-state index contributed by atoms with van der Waals surface area (Å²) in [6.07, 6.45) is -3.11. The fourth-order valence-corrected chi connectivity index (χ4v) is 4.58. The van der Waals surface area contributed by atoms with Crippen LogP contribution in [0.4, 0.5) is 0 Å². The lowest BCUT2D eigenvalue weighted by Crippen LogP contribution is -2.70. The topological polar surface area (TPSA) is 88.4 Å². The van der Waals surface area contributed by atoms with Gasteiger partial charge in [0.25, 0.3) is 0 Å². The highest BCUT2D eigenvalue weighted by Gasteiger charge is 2.62. The molecule has 0 spiro atoms. The molecule has 4 rings (SSSR count). The molecular formula is C23H27ClO6. The van der Waals surface area contributed by atoms with Gasteiger partial charge in [0.2, 0.25) is 0 Å². The Morgan fingerprint density at radius 2 is 1.83 bits per heavy atom. The number of hydrogen-bond acceptors (Lipinski definition) is 6. The van der Waals surface area contributed by atoms with Crippen LogP contribution in [0.3, 0.4) is 0 Å². The lowest BCUT2D eigenvalue weighted by atomic mass is 9.75. The number of aliphatic hydroxyl groups excluding tert-OH is 3. The van der Waals surface area contributed by atoms with Gasteiger partial charge in [-0.1, -0.05) is 35.9 Å². The third-order valence-corrected chi connectivity index (χ3v) is 6.44. The van der Waals surface area contributed by atoms with Crippen molar-refractivity contribution in [2.45, 2.75) is 56.4 Å². The molecule has 7 heteroatoms. The smallest absolute Gasteiger partial charge is 0.195 e. The molecule has 0 amide bonds. The first-order valence-corrected chi connectivity index (χ1v) is 10.6. The summed E-state index contributed by atoms with van der Waals surface area (Å²) in [7, 11) is 0. The lowest BCUT2D eigenvalue weighted by Gasteiger charge is -2.56. The Morgan fingerprint density at radius 1 is 1.10 bits per heavy atom. The largest absolute Gasteiger partial charge is 0.494 e. The first-order valence-electron chi connectivity index (χ1n) is 10.2. The zero-order valence-electron chi connectivity index (χ0n) is 17.0. The molecule has 2 aliphatic rings. The molecule has 6 nitrogen and oxygen atoms in total. The van der Waals surface area contributed by atoms with Crippen LogP contribution in [-0.4, -0.2) is 52.6 Å². The summed E-state index contributed by atoms with van der Waals surface area (Å²) in [6.45, 7) is 4.42. The molecule has 2 fully saturated rings. The molecule has 5 atom stereocenters. The van der Waals surface area contributed by atoms with Gasteiger partial charge in [-0.2, -0.15) is 0 Å². The van der Waals surface area contributed by atoms with E-state index < -0.39 is 29.7 Å². The van der Waals surface area contributed by atoms with Gasteiger partial charge in [0.15, 0.2) is 5.79 Å². The van der Waals surface area contributed by atoms with Gasteiger partial charge in [-0.25, -0.2) is 0 Å². The molecule has 0 saturated carbocycles.